The Balaban J connectivity index is 1.70. The van der Waals surface area contributed by atoms with E-state index in [-0.39, 0.29) is 17.7 Å². The van der Waals surface area contributed by atoms with Gasteiger partial charge < -0.3 is 11.1 Å². The van der Waals surface area contributed by atoms with Crippen molar-refractivity contribution in [2.75, 3.05) is 5.73 Å². The minimum atomic E-state index is -0.0359. The summed E-state index contributed by atoms with van der Waals surface area (Å²) in [5.74, 6) is 0.411. The number of nitrogens with two attached hydrogens (primary N) is 1. The topological polar surface area (TPSA) is 55.1 Å². The van der Waals surface area contributed by atoms with Gasteiger partial charge in [-0.15, -0.1) is 0 Å². The number of fused-ring (bicyclic) bond motifs is 2. The summed E-state index contributed by atoms with van der Waals surface area (Å²) in [5, 5.41) is 3.01. The van der Waals surface area contributed by atoms with Crippen molar-refractivity contribution < 1.29 is 4.79 Å². The fourth-order valence-electron chi connectivity index (χ4n) is 5.10. The van der Waals surface area contributed by atoms with Gasteiger partial charge in [0.05, 0.1) is 5.57 Å². The molecule has 2 unspecified atom stereocenters. The van der Waals surface area contributed by atoms with E-state index in [1.54, 1.807) is 0 Å². The molecular weight excluding hydrogens is 344 g/mol. The number of benzene rings is 2. The molecule has 140 valence electrons. The molecule has 3 heteroatoms. The van der Waals surface area contributed by atoms with Crippen LogP contribution in [0.4, 0.5) is 5.69 Å². The Kier molecular flexibility index (Phi) is 3.80. The first-order chi connectivity index (χ1) is 13.5. The third-order valence-corrected chi connectivity index (χ3v) is 6.35. The molecule has 0 radical (unpaired) electrons. The van der Waals surface area contributed by atoms with Crippen molar-refractivity contribution in [1.29, 1.82) is 0 Å². The van der Waals surface area contributed by atoms with E-state index in [0.29, 0.717) is 0 Å². The predicted molar refractivity (Wildman–Crippen MR) is 114 cm³/mol. The third-order valence-electron chi connectivity index (χ3n) is 6.35. The summed E-state index contributed by atoms with van der Waals surface area (Å²) < 4.78 is 0. The first-order valence-electron chi connectivity index (χ1n) is 9.99. The quantitative estimate of drug-likeness (QED) is 0.746. The molecule has 0 aromatic heterocycles. The first-order valence-corrected chi connectivity index (χ1v) is 9.99. The number of carbonyl (C=O) groups excluding carboxylic acids is 1. The van der Waals surface area contributed by atoms with E-state index in [2.05, 4.69) is 49.2 Å². The molecule has 0 fully saturated rings. The highest BCUT2D eigenvalue weighted by atomic mass is 16.2. The number of nitrogen functional groups attached to an aromatic ring is 1. The number of carbonyl (C=O) groups is 1. The van der Waals surface area contributed by atoms with Crippen LogP contribution >= 0.6 is 0 Å². The standard InChI is InChI=1S/C25H24N2O/c1-14-12-22(19-11-10-17(26)13-21(14)19)24-23(15(2)27-25(24)28)20-9-5-7-16-6-3-4-8-18(16)20/h3-4,6,8,10-14,20H,2,5,7,9,26H2,1H3,(H,27,28). The van der Waals surface area contributed by atoms with Gasteiger partial charge in [-0.2, -0.15) is 0 Å². The Morgan fingerprint density at radius 3 is 2.82 bits per heavy atom. The maximum absolute atomic E-state index is 13.0. The van der Waals surface area contributed by atoms with E-state index in [4.69, 9.17) is 5.73 Å². The van der Waals surface area contributed by atoms with Gasteiger partial charge in [0.15, 0.2) is 0 Å². The molecule has 3 nitrogen and oxygen atoms in total. The lowest BCUT2D eigenvalue weighted by atomic mass is 9.76. The molecule has 0 saturated heterocycles. The number of allylic oxidation sites excluding steroid dienone is 2. The summed E-state index contributed by atoms with van der Waals surface area (Å²) in [6, 6.07) is 14.6. The molecular formula is C25H24N2O. The Bertz CT molecular complexity index is 1090. The van der Waals surface area contributed by atoms with Gasteiger partial charge >= 0.3 is 0 Å². The second kappa shape index (κ2) is 6.23. The van der Waals surface area contributed by atoms with E-state index in [1.807, 2.05) is 18.2 Å². The van der Waals surface area contributed by atoms with Crippen molar-refractivity contribution in [2.45, 2.75) is 38.0 Å². The van der Waals surface area contributed by atoms with E-state index >= 15 is 0 Å². The maximum atomic E-state index is 13.0. The SMILES string of the molecule is C=C1NC(=O)C(C2=CC(C)c3cc(N)ccc32)=C1C1CCCc2ccccc21. The zero-order chi connectivity index (χ0) is 19.4. The molecule has 5 rings (SSSR count). The second-order valence-corrected chi connectivity index (χ2v) is 8.08. The van der Waals surface area contributed by atoms with E-state index < -0.39 is 0 Å². The van der Waals surface area contributed by atoms with E-state index in [1.165, 1.54) is 16.7 Å². The number of anilines is 1. The van der Waals surface area contributed by atoms with Crippen LogP contribution in [0.2, 0.25) is 0 Å². The molecule has 2 aliphatic carbocycles. The van der Waals surface area contributed by atoms with E-state index in [0.717, 1.165) is 52.9 Å². The first kappa shape index (κ1) is 17.1. The number of aryl methyl sites for hydroxylation is 1. The predicted octanol–water partition coefficient (Wildman–Crippen LogP) is 4.83. The van der Waals surface area contributed by atoms with Gasteiger partial charge in [-0.25, -0.2) is 0 Å². The van der Waals surface area contributed by atoms with Crippen LogP contribution < -0.4 is 11.1 Å². The zero-order valence-electron chi connectivity index (χ0n) is 16.1. The van der Waals surface area contributed by atoms with Crippen LogP contribution in [-0.4, -0.2) is 5.91 Å². The number of nitrogens with one attached hydrogen (secondary N) is 1. The van der Waals surface area contributed by atoms with Crippen LogP contribution in [0, 0.1) is 0 Å². The fourth-order valence-corrected chi connectivity index (χ4v) is 5.10. The summed E-state index contributed by atoms with van der Waals surface area (Å²) in [6.45, 7) is 6.36. The fraction of sp³-hybridized carbons (Fsp3) is 0.240. The Hall–Kier alpha value is -3.07. The summed E-state index contributed by atoms with van der Waals surface area (Å²) in [4.78, 5) is 13.0. The van der Waals surface area contributed by atoms with Crippen LogP contribution in [-0.2, 0) is 11.2 Å². The number of amides is 1. The molecule has 0 saturated carbocycles. The monoisotopic (exact) mass is 368 g/mol. The molecule has 0 spiro atoms. The lowest BCUT2D eigenvalue weighted by Gasteiger charge is -2.27. The molecule has 3 aliphatic rings. The maximum Gasteiger partial charge on any atom is 0.256 e. The minimum Gasteiger partial charge on any atom is -0.399 e. The Morgan fingerprint density at radius 1 is 1.14 bits per heavy atom. The highest BCUT2D eigenvalue weighted by Crippen LogP contribution is 2.48. The van der Waals surface area contributed by atoms with Crippen LogP contribution in [0.15, 0.2) is 72.0 Å². The van der Waals surface area contributed by atoms with Gasteiger partial charge in [-0.05, 0) is 64.8 Å². The average molecular weight is 368 g/mol. The lowest BCUT2D eigenvalue weighted by molar-refractivity contribution is -0.115. The Morgan fingerprint density at radius 2 is 1.96 bits per heavy atom. The summed E-state index contributed by atoms with van der Waals surface area (Å²) in [5.41, 5.74) is 15.4. The number of hydrogen-bond donors (Lipinski definition) is 2. The molecule has 3 N–H and O–H groups in total. The second-order valence-electron chi connectivity index (χ2n) is 8.08. The molecule has 1 aliphatic heterocycles. The number of rotatable bonds is 2. The highest BCUT2D eigenvalue weighted by molar-refractivity contribution is 6.15. The van der Waals surface area contributed by atoms with E-state index in [9.17, 15) is 4.79 Å². The summed E-state index contributed by atoms with van der Waals surface area (Å²) in [7, 11) is 0. The van der Waals surface area contributed by atoms with Crippen molar-refractivity contribution in [1.82, 2.24) is 5.32 Å². The van der Waals surface area contributed by atoms with Crippen LogP contribution in [0.5, 0.6) is 0 Å². The Labute approximate surface area is 165 Å². The average Bonchev–Trinajstić information content (AvgIpc) is 3.16. The van der Waals surface area contributed by atoms with Crippen molar-refractivity contribution in [3.8, 4) is 0 Å². The smallest absolute Gasteiger partial charge is 0.256 e. The van der Waals surface area contributed by atoms with Gasteiger partial charge in [0.1, 0.15) is 0 Å². The van der Waals surface area contributed by atoms with Gasteiger partial charge in [0, 0.05) is 23.2 Å². The minimum absolute atomic E-state index is 0.0359. The van der Waals surface area contributed by atoms with Crippen molar-refractivity contribution in [2.24, 2.45) is 0 Å². The molecule has 2 atom stereocenters. The molecule has 1 heterocycles. The zero-order valence-corrected chi connectivity index (χ0v) is 16.1. The van der Waals surface area contributed by atoms with Crippen LogP contribution in [0.25, 0.3) is 5.57 Å². The number of hydrogen-bond acceptors (Lipinski definition) is 2. The molecule has 2 aromatic carbocycles. The van der Waals surface area contributed by atoms with Crippen molar-refractivity contribution >= 4 is 17.2 Å². The van der Waals surface area contributed by atoms with Crippen molar-refractivity contribution in [3.63, 3.8) is 0 Å². The molecule has 0 bridgehead atoms. The summed E-state index contributed by atoms with van der Waals surface area (Å²) >= 11 is 0. The van der Waals surface area contributed by atoms with Gasteiger partial charge in [0.25, 0.3) is 5.91 Å². The van der Waals surface area contributed by atoms with Gasteiger partial charge in [-0.3, -0.25) is 4.79 Å². The van der Waals surface area contributed by atoms with Crippen LogP contribution in [0.1, 0.15) is 53.9 Å². The van der Waals surface area contributed by atoms with Gasteiger partial charge in [-0.1, -0.05) is 49.9 Å². The van der Waals surface area contributed by atoms with Crippen LogP contribution in [0.3, 0.4) is 0 Å². The molecule has 28 heavy (non-hydrogen) atoms. The molecule has 2 aromatic rings. The molecule has 1 amide bonds. The van der Waals surface area contributed by atoms with Crippen molar-refractivity contribution in [3.05, 3.63) is 94.2 Å². The largest absolute Gasteiger partial charge is 0.399 e. The normalized spacial score (nSPS) is 23.4. The highest BCUT2D eigenvalue weighted by Gasteiger charge is 2.37. The summed E-state index contributed by atoms with van der Waals surface area (Å²) in [6.07, 6.45) is 5.47. The van der Waals surface area contributed by atoms with Gasteiger partial charge in [0.2, 0.25) is 0 Å². The third kappa shape index (κ3) is 2.46. The lowest BCUT2D eigenvalue weighted by Crippen LogP contribution is -2.16.